The molecule has 0 saturated carbocycles. The molecule has 0 amide bonds. The van der Waals surface area contributed by atoms with Crippen LogP contribution in [0.2, 0.25) is 10.0 Å². The van der Waals surface area contributed by atoms with E-state index in [1.165, 1.54) is 10.6 Å². The molecule has 0 aliphatic carbocycles. The molecule has 0 aliphatic heterocycles. The van der Waals surface area contributed by atoms with Crippen molar-refractivity contribution in [3.8, 4) is 0 Å². The van der Waals surface area contributed by atoms with Crippen molar-refractivity contribution in [2.45, 2.75) is 26.3 Å². The van der Waals surface area contributed by atoms with E-state index in [4.69, 9.17) is 28.2 Å². The van der Waals surface area contributed by atoms with E-state index in [0.717, 1.165) is 30.0 Å². The van der Waals surface area contributed by atoms with Crippen molar-refractivity contribution < 1.29 is 0 Å². The van der Waals surface area contributed by atoms with Crippen LogP contribution in [-0.2, 0) is 19.4 Å². The first-order chi connectivity index (χ1) is 9.13. The van der Waals surface area contributed by atoms with Gasteiger partial charge >= 0.3 is 0 Å². The summed E-state index contributed by atoms with van der Waals surface area (Å²) in [5.41, 5.74) is 2.25. The highest BCUT2D eigenvalue weighted by Gasteiger charge is 2.11. The van der Waals surface area contributed by atoms with Gasteiger partial charge in [0.15, 0.2) is 0 Å². The minimum Gasteiger partial charge on any atom is -0.315 e. The summed E-state index contributed by atoms with van der Waals surface area (Å²) in [5.74, 6) is 0. The minimum absolute atomic E-state index is 0.665. The second kappa shape index (κ2) is 6.71. The summed E-state index contributed by atoms with van der Waals surface area (Å²) >= 11 is 13.9. The maximum Gasteiger partial charge on any atom is 0.0975 e. The first-order valence-electron chi connectivity index (χ1n) is 6.20. The molecular weight excluding hydrogens is 299 g/mol. The van der Waals surface area contributed by atoms with Gasteiger partial charge in [-0.2, -0.15) is 0 Å². The number of aryl methyl sites for hydroxylation is 1. The topological polar surface area (TPSA) is 24.9 Å². The van der Waals surface area contributed by atoms with Crippen molar-refractivity contribution in [3.05, 3.63) is 49.4 Å². The first-order valence-corrected chi connectivity index (χ1v) is 7.77. The minimum atomic E-state index is 0.665. The van der Waals surface area contributed by atoms with Gasteiger partial charge in [0, 0.05) is 27.9 Å². The van der Waals surface area contributed by atoms with Crippen LogP contribution < -0.4 is 5.32 Å². The lowest BCUT2D eigenvalue weighted by molar-refractivity contribution is 0.813. The van der Waals surface area contributed by atoms with Gasteiger partial charge in [-0.25, -0.2) is 4.98 Å². The first kappa shape index (κ1) is 14.8. The van der Waals surface area contributed by atoms with Gasteiger partial charge in [-0.05, 0) is 31.2 Å². The van der Waals surface area contributed by atoms with Crippen LogP contribution in [0.3, 0.4) is 0 Å². The number of aromatic nitrogens is 1. The van der Waals surface area contributed by atoms with Crippen LogP contribution in [0.25, 0.3) is 0 Å². The van der Waals surface area contributed by atoms with Crippen molar-refractivity contribution in [3.63, 3.8) is 0 Å². The third-order valence-corrected chi connectivity index (χ3v) is 4.54. The van der Waals surface area contributed by atoms with E-state index >= 15 is 0 Å². The number of halogens is 2. The molecule has 0 fully saturated rings. The van der Waals surface area contributed by atoms with Crippen LogP contribution in [0.1, 0.15) is 28.1 Å². The molecular formula is C14H16Cl2N2S. The average molecular weight is 315 g/mol. The number of nitrogens with zero attached hydrogens (tertiary/aromatic N) is 1. The molecule has 1 aromatic carbocycles. The van der Waals surface area contributed by atoms with E-state index in [9.17, 15) is 0 Å². The Morgan fingerprint density at radius 1 is 1.32 bits per heavy atom. The van der Waals surface area contributed by atoms with Crippen molar-refractivity contribution in [1.29, 1.82) is 0 Å². The van der Waals surface area contributed by atoms with Gasteiger partial charge in [-0.3, -0.25) is 0 Å². The number of nitrogens with one attached hydrogen (secondary N) is 1. The van der Waals surface area contributed by atoms with Gasteiger partial charge < -0.3 is 5.32 Å². The Labute approximate surface area is 127 Å². The van der Waals surface area contributed by atoms with Gasteiger partial charge in [-0.15, -0.1) is 11.3 Å². The Bertz CT molecular complexity index is 567. The van der Waals surface area contributed by atoms with Gasteiger partial charge in [-0.1, -0.05) is 36.2 Å². The van der Waals surface area contributed by atoms with Crippen molar-refractivity contribution >= 4 is 34.5 Å². The summed E-state index contributed by atoms with van der Waals surface area (Å²) in [4.78, 5) is 6.00. The molecule has 102 valence electrons. The average Bonchev–Trinajstić information content (AvgIpc) is 2.75. The van der Waals surface area contributed by atoms with E-state index in [1.54, 1.807) is 17.4 Å². The highest BCUT2D eigenvalue weighted by molar-refractivity contribution is 7.11. The molecule has 0 atom stereocenters. The largest absolute Gasteiger partial charge is 0.315 e. The molecule has 0 bridgehead atoms. The van der Waals surface area contributed by atoms with Crippen molar-refractivity contribution in [2.75, 3.05) is 7.05 Å². The number of hydrogen-bond acceptors (Lipinski definition) is 3. The zero-order valence-electron chi connectivity index (χ0n) is 11.0. The predicted octanol–water partition coefficient (Wildman–Crippen LogP) is 4.32. The zero-order valence-corrected chi connectivity index (χ0v) is 13.3. The standard InChI is InChI=1S/C14H16Cl2N2S/c1-3-12-13(8-17-2)19-14(18-12)6-9-4-5-10(15)7-11(9)16/h4-5,7,17H,3,6,8H2,1-2H3. The molecule has 0 aliphatic rings. The number of benzene rings is 1. The van der Waals surface area contributed by atoms with Crippen LogP contribution in [0, 0.1) is 0 Å². The summed E-state index contributed by atoms with van der Waals surface area (Å²) in [7, 11) is 1.95. The Hall–Kier alpha value is -0.610. The monoisotopic (exact) mass is 314 g/mol. The molecule has 1 aromatic heterocycles. The van der Waals surface area contributed by atoms with Crippen LogP contribution in [0.4, 0.5) is 0 Å². The Kier molecular flexibility index (Phi) is 5.22. The van der Waals surface area contributed by atoms with E-state index in [1.807, 2.05) is 19.2 Å². The van der Waals surface area contributed by atoms with Crippen molar-refractivity contribution in [1.82, 2.24) is 10.3 Å². The summed E-state index contributed by atoms with van der Waals surface area (Å²) < 4.78 is 0. The van der Waals surface area contributed by atoms with Crippen molar-refractivity contribution in [2.24, 2.45) is 0 Å². The summed E-state index contributed by atoms with van der Waals surface area (Å²) in [6.07, 6.45) is 1.72. The fraction of sp³-hybridized carbons (Fsp3) is 0.357. The normalized spacial score (nSPS) is 10.9. The molecule has 0 radical (unpaired) electrons. The fourth-order valence-corrected chi connectivity index (χ4v) is 3.58. The lowest BCUT2D eigenvalue weighted by Crippen LogP contribution is -2.05. The third kappa shape index (κ3) is 3.69. The second-order valence-electron chi connectivity index (χ2n) is 4.27. The lowest BCUT2D eigenvalue weighted by Gasteiger charge is -2.02. The second-order valence-corrected chi connectivity index (χ2v) is 6.29. The SMILES string of the molecule is CCc1nc(Cc2ccc(Cl)cc2Cl)sc1CNC. The molecule has 2 nitrogen and oxygen atoms in total. The number of rotatable bonds is 5. The fourth-order valence-electron chi connectivity index (χ4n) is 1.92. The highest BCUT2D eigenvalue weighted by atomic mass is 35.5. The van der Waals surface area contributed by atoms with Crippen LogP contribution in [-0.4, -0.2) is 12.0 Å². The predicted molar refractivity (Wildman–Crippen MR) is 83.5 cm³/mol. The third-order valence-electron chi connectivity index (χ3n) is 2.85. The quantitative estimate of drug-likeness (QED) is 0.889. The molecule has 1 N–H and O–H groups in total. The Morgan fingerprint density at radius 2 is 2.11 bits per heavy atom. The molecule has 19 heavy (non-hydrogen) atoms. The summed E-state index contributed by atoms with van der Waals surface area (Å²) in [6.45, 7) is 3.00. The van der Waals surface area contributed by atoms with Crippen LogP contribution in [0.5, 0.6) is 0 Å². The van der Waals surface area contributed by atoms with Gasteiger partial charge in [0.1, 0.15) is 0 Å². The van der Waals surface area contributed by atoms with Crippen LogP contribution >= 0.6 is 34.5 Å². The number of thiazole rings is 1. The maximum atomic E-state index is 6.20. The van der Waals surface area contributed by atoms with Gasteiger partial charge in [0.2, 0.25) is 0 Å². The molecule has 0 unspecified atom stereocenters. The molecule has 2 aromatic rings. The molecule has 0 spiro atoms. The van der Waals surface area contributed by atoms with E-state index < -0.39 is 0 Å². The highest BCUT2D eigenvalue weighted by Crippen LogP contribution is 2.26. The molecule has 1 heterocycles. The van der Waals surface area contributed by atoms with E-state index in [2.05, 4.69) is 12.2 Å². The molecule has 2 rings (SSSR count). The molecule has 0 saturated heterocycles. The summed E-state index contributed by atoms with van der Waals surface area (Å²) in [5, 5.41) is 5.65. The van der Waals surface area contributed by atoms with E-state index in [-0.39, 0.29) is 0 Å². The Morgan fingerprint density at radius 3 is 2.74 bits per heavy atom. The summed E-state index contributed by atoms with van der Waals surface area (Å²) in [6, 6.07) is 5.61. The Balaban J connectivity index is 2.23. The molecule has 5 heteroatoms. The smallest absolute Gasteiger partial charge is 0.0975 e. The number of hydrogen-bond donors (Lipinski definition) is 1. The lowest BCUT2D eigenvalue weighted by atomic mass is 10.1. The maximum absolute atomic E-state index is 6.20. The van der Waals surface area contributed by atoms with Gasteiger partial charge in [0.25, 0.3) is 0 Å². The van der Waals surface area contributed by atoms with E-state index in [0.29, 0.717) is 10.0 Å². The zero-order chi connectivity index (χ0) is 13.8. The van der Waals surface area contributed by atoms with Gasteiger partial charge in [0.05, 0.1) is 10.7 Å². The van der Waals surface area contributed by atoms with Crippen LogP contribution in [0.15, 0.2) is 18.2 Å².